The van der Waals surface area contributed by atoms with Gasteiger partial charge in [0.15, 0.2) is 17.8 Å². The molecule has 174 valence electrons. The summed E-state index contributed by atoms with van der Waals surface area (Å²) in [5.41, 5.74) is 5.13. The SMILES string of the molecule is CC(=O)C1=NN(c2ccc(Cl)cc2)C(c2ccc(C)cc2)N1c1ccc(N2CCOCC2)cc1. The van der Waals surface area contributed by atoms with Gasteiger partial charge in [-0.3, -0.25) is 9.69 Å². The molecule has 0 aliphatic carbocycles. The van der Waals surface area contributed by atoms with Crippen LogP contribution in [0.25, 0.3) is 0 Å². The number of ketones is 1. The molecular weight excluding hydrogens is 448 g/mol. The normalized spacial score (nSPS) is 18.3. The van der Waals surface area contributed by atoms with E-state index >= 15 is 0 Å². The van der Waals surface area contributed by atoms with Crippen LogP contribution in [-0.2, 0) is 9.53 Å². The molecule has 0 saturated carbocycles. The maximum atomic E-state index is 12.8. The summed E-state index contributed by atoms with van der Waals surface area (Å²) >= 11 is 6.14. The maximum Gasteiger partial charge on any atom is 0.198 e. The molecule has 1 unspecified atom stereocenters. The number of carbonyl (C=O) groups is 1. The highest BCUT2D eigenvalue weighted by molar-refractivity contribution is 6.44. The van der Waals surface area contributed by atoms with Crippen molar-refractivity contribution < 1.29 is 9.53 Å². The molecule has 7 heteroatoms. The summed E-state index contributed by atoms with van der Waals surface area (Å²) in [7, 11) is 0. The summed E-state index contributed by atoms with van der Waals surface area (Å²) < 4.78 is 5.48. The third kappa shape index (κ3) is 4.39. The largest absolute Gasteiger partial charge is 0.378 e. The molecule has 1 saturated heterocycles. The summed E-state index contributed by atoms with van der Waals surface area (Å²) in [6.45, 7) is 6.85. The molecule has 0 N–H and O–H groups in total. The highest BCUT2D eigenvalue weighted by Crippen LogP contribution is 2.40. The van der Waals surface area contributed by atoms with Gasteiger partial charge in [-0.2, -0.15) is 0 Å². The molecule has 1 fully saturated rings. The number of Topliss-reactive ketones (excluding diaryl/α,β-unsaturated/α-hetero) is 1. The molecule has 2 aliphatic rings. The number of amidine groups is 1. The van der Waals surface area contributed by atoms with E-state index in [-0.39, 0.29) is 11.9 Å². The molecule has 2 aliphatic heterocycles. The molecule has 34 heavy (non-hydrogen) atoms. The summed E-state index contributed by atoms with van der Waals surface area (Å²) in [4.78, 5) is 17.1. The quantitative estimate of drug-likeness (QED) is 0.494. The van der Waals surface area contributed by atoms with Gasteiger partial charge in [0.05, 0.1) is 18.9 Å². The van der Waals surface area contributed by atoms with Crippen LogP contribution in [0.3, 0.4) is 0 Å². The average Bonchev–Trinajstić information content (AvgIpc) is 3.27. The number of benzene rings is 3. The highest BCUT2D eigenvalue weighted by atomic mass is 35.5. The van der Waals surface area contributed by atoms with Gasteiger partial charge in [-0.15, -0.1) is 5.10 Å². The lowest BCUT2D eigenvalue weighted by Gasteiger charge is -2.33. The van der Waals surface area contributed by atoms with Gasteiger partial charge in [-0.05, 0) is 61.0 Å². The van der Waals surface area contributed by atoms with Gasteiger partial charge in [0.1, 0.15) is 0 Å². The number of rotatable bonds is 5. The van der Waals surface area contributed by atoms with Gasteiger partial charge in [-0.25, -0.2) is 5.01 Å². The third-order valence-corrected chi connectivity index (χ3v) is 6.44. The van der Waals surface area contributed by atoms with E-state index < -0.39 is 0 Å². The van der Waals surface area contributed by atoms with Crippen LogP contribution in [0.5, 0.6) is 0 Å². The van der Waals surface area contributed by atoms with Crippen molar-refractivity contribution in [3.05, 3.63) is 88.9 Å². The number of anilines is 3. The van der Waals surface area contributed by atoms with E-state index in [1.807, 2.05) is 34.2 Å². The second kappa shape index (κ2) is 9.49. The minimum atomic E-state index is -0.310. The number of halogens is 1. The number of aryl methyl sites for hydroxylation is 1. The van der Waals surface area contributed by atoms with Crippen molar-refractivity contribution in [1.82, 2.24) is 0 Å². The first-order chi connectivity index (χ1) is 16.5. The van der Waals surface area contributed by atoms with Crippen LogP contribution in [0.4, 0.5) is 17.1 Å². The molecule has 2 heterocycles. The molecule has 0 amide bonds. The molecule has 3 aromatic rings. The molecule has 0 bridgehead atoms. The zero-order valence-electron chi connectivity index (χ0n) is 19.3. The van der Waals surface area contributed by atoms with Gasteiger partial charge in [-0.1, -0.05) is 41.4 Å². The Kier molecular flexibility index (Phi) is 6.26. The van der Waals surface area contributed by atoms with Gasteiger partial charge in [0, 0.05) is 36.4 Å². The Balaban J connectivity index is 1.57. The fourth-order valence-corrected chi connectivity index (χ4v) is 4.53. The van der Waals surface area contributed by atoms with Crippen molar-refractivity contribution >= 4 is 40.3 Å². The fraction of sp³-hybridized carbons (Fsp3) is 0.259. The number of hydrogen-bond donors (Lipinski definition) is 0. The first-order valence-electron chi connectivity index (χ1n) is 11.4. The van der Waals surface area contributed by atoms with E-state index in [1.165, 1.54) is 5.56 Å². The van der Waals surface area contributed by atoms with Crippen LogP contribution in [-0.4, -0.2) is 37.9 Å². The predicted molar refractivity (Wildman–Crippen MR) is 138 cm³/mol. The molecule has 0 spiro atoms. The van der Waals surface area contributed by atoms with E-state index in [1.54, 1.807) is 6.92 Å². The summed E-state index contributed by atoms with van der Waals surface area (Å²) in [6.07, 6.45) is -0.310. The van der Waals surface area contributed by atoms with Crippen molar-refractivity contribution in [2.24, 2.45) is 5.10 Å². The first-order valence-corrected chi connectivity index (χ1v) is 11.8. The minimum Gasteiger partial charge on any atom is -0.378 e. The van der Waals surface area contributed by atoms with Crippen LogP contribution in [0.2, 0.25) is 5.02 Å². The van der Waals surface area contributed by atoms with Crippen LogP contribution in [0.15, 0.2) is 77.9 Å². The van der Waals surface area contributed by atoms with Crippen molar-refractivity contribution in [2.75, 3.05) is 41.1 Å². The van der Waals surface area contributed by atoms with Gasteiger partial charge in [0.2, 0.25) is 0 Å². The van der Waals surface area contributed by atoms with Crippen LogP contribution in [0.1, 0.15) is 24.2 Å². The van der Waals surface area contributed by atoms with Crippen molar-refractivity contribution in [2.45, 2.75) is 20.0 Å². The lowest BCUT2D eigenvalue weighted by Crippen LogP contribution is -2.38. The molecule has 1 atom stereocenters. The molecule has 0 aromatic heterocycles. The minimum absolute atomic E-state index is 0.0918. The number of morpholine rings is 1. The molecular formula is C27H27ClN4O2. The molecule has 3 aromatic carbocycles. The van der Waals surface area contributed by atoms with E-state index in [0.717, 1.165) is 48.9 Å². The second-order valence-corrected chi connectivity index (χ2v) is 9.01. The Morgan fingerprint density at radius 2 is 1.47 bits per heavy atom. The lowest BCUT2D eigenvalue weighted by atomic mass is 10.1. The standard InChI is InChI=1S/C27H27ClN4O2/c1-19-3-5-21(6-4-19)27-31(24-13-11-23(12-14-24)30-15-17-34-18-16-30)26(20(2)33)29-32(27)25-9-7-22(28)8-10-25/h3-14,27H,15-18H2,1-2H3. The van der Waals surface area contributed by atoms with E-state index in [0.29, 0.717) is 10.9 Å². The number of hydrazone groups is 1. The smallest absolute Gasteiger partial charge is 0.198 e. The molecule has 0 radical (unpaired) electrons. The van der Waals surface area contributed by atoms with Crippen molar-refractivity contribution in [3.8, 4) is 0 Å². The Labute approximate surface area is 205 Å². The number of hydrogen-bond acceptors (Lipinski definition) is 6. The van der Waals surface area contributed by atoms with Gasteiger partial charge >= 0.3 is 0 Å². The van der Waals surface area contributed by atoms with E-state index in [4.69, 9.17) is 21.4 Å². The molecule has 5 rings (SSSR count). The highest BCUT2D eigenvalue weighted by Gasteiger charge is 2.39. The first kappa shape index (κ1) is 22.4. The monoisotopic (exact) mass is 474 g/mol. The van der Waals surface area contributed by atoms with Crippen LogP contribution in [0, 0.1) is 6.92 Å². The third-order valence-electron chi connectivity index (χ3n) is 6.19. The van der Waals surface area contributed by atoms with E-state index in [2.05, 4.69) is 60.4 Å². The zero-order chi connectivity index (χ0) is 23.7. The predicted octanol–water partition coefficient (Wildman–Crippen LogP) is 5.41. The number of nitrogens with zero attached hydrogens (tertiary/aromatic N) is 4. The average molecular weight is 475 g/mol. The van der Waals surface area contributed by atoms with E-state index in [9.17, 15) is 4.79 Å². The van der Waals surface area contributed by atoms with Crippen molar-refractivity contribution in [3.63, 3.8) is 0 Å². The Hall–Kier alpha value is -3.35. The summed E-state index contributed by atoms with van der Waals surface area (Å²) in [6, 6.07) is 24.2. The van der Waals surface area contributed by atoms with Gasteiger partial charge < -0.3 is 9.64 Å². The molecule has 6 nitrogen and oxygen atoms in total. The van der Waals surface area contributed by atoms with Crippen LogP contribution >= 0.6 is 11.6 Å². The Morgan fingerprint density at radius 1 is 0.882 bits per heavy atom. The van der Waals surface area contributed by atoms with Crippen molar-refractivity contribution in [1.29, 1.82) is 0 Å². The zero-order valence-corrected chi connectivity index (χ0v) is 20.1. The number of ether oxygens (including phenoxy) is 1. The second-order valence-electron chi connectivity index (χ2n) is 8.57. The Morgan fingerprint density at radius 3 is 2.09 bits per heavy atom. The topological polar surface area (TPSA) is 48.4 Å². The summed E-state index contributed by atoms with van der Waals surface area (Å²) in [5.74, 6) is 0.311. The maximum absolute atomic E-state index is 12.8. The summed E-state index contributed by atoms with van der Waals surface area (Å²) in [5, 5.41) is 7.34. The number of carbonyl (C=O) groups excluding carboxylic acids is 1. The fourth-order valence-electron chi connectivity index (χ4n) is 4.40. The van der Waals surface area contributed by atoms with Gasteiger partial charge in [0.25, 0.3) is 0 Å². The lowest BCUT2D eigenvalue weighted by molar-refractivity contribution is -0.111. The van der Waals surface area contributed by atoms with Crippen LogP contribution < -0.4 is 14.8 Å². The Bertz CT molecular complexity index is 1190.